The average Bonchev–Trinajstić information content (AvgIpc) is 4.31. The zero-order valence-electron chi connectivity index (χ0n) is 43.8. The first-order valence-corrected chi connectivity index (χ1v) is 25.7. The van der Waals surface area contributed by atoms with Gasteiger partial charge in [0.1, 0.15) is 0 Å². The lowest BCUT2D eigenvalue weighted by atomic mass is 9.90. The highest BCUT2D eigenvalue weighted by molar-refractivity contribution is 6.09. The molecule has 11 rings (SSSR count). The molecule has 0 atom stereocenters. The van der Waals surface area contributed by atoms with E-state index in [-0.39, 0.29) is 0 Å². The number of hydrogen-bond acceptors (Lipinski definition) is 6. The third-order valence-corrected chi connectivity index (χ3v) is 14.3. The molecule has 0 spiro atoms. The maximum Gasteiger partial charge on any atom is 0.328 e. The van der Waals surface area contributed by atoms with E-state index in [0.29, 0.717) is 112 Å². The van der Waals surface area contributed by atoms with Gasteiger partial charge >= 0.3 is 23.9 Å². The quantitative estimate of drug-likeness (QED) is 0.0638. The second-order valence-electron chi connectivity index (χ2n) is 19.9. The lowest BCUT2D eigenvalue weighted by Gasteiger charge is -2.12. The fourth-order valence-electron chi connectivity index (χ4n) is 10.4. The van der Waals surface area contributed by atoms with Gasteiger partial charge in [-0.05, 0) is 145 Å². The van der Waals surface area contributed by atoms with E-state index < -0.39 is 23.9 Å². The monoisotopic (exact) mass is 1050 g/mol. The van der Waals surface area contributed by atoms with Gasteiger partial charge in [-0.25, -0.2) is 29.1 Å². The predicted molar refractivity (Wildman–Crippen MR) is 317 cm³/mol. The van der Waals surface area contributed by atoms with E-state index in [1.165, 1.54) is 24.3 Å². The molecule has 0 aliphatic carbocycles. The zero-order valence-corrected chi connectivity index (χ0v) is 43.8. The number of carboxylic acid groups (broad SMARTS) is 4. The van der Waals surface area contributed by atoms with E-state index in [0.717, 1.165) is 68.8 Å². The molecule has 5 heterocycles. The van der Waals surface area contributed by atoms with Crippen LogP contribution < -0.4 is 0 Å². The van der Waals surface area contributed by atoms with Crippen LogP contribution in [0.1, 0.15) is 44.5 Å². The minimum atomic E-state index is -1.18. The van der Waals surface area contributed by atoms with Crippen molar-refractivity contribution in [1.29, 1.82) is 0 Å². The summed E-state index contributed by atoms with van der Waals surface area (Å²) < 4.78 is 0. The Morgan fingerprint density at radius 1 is 0.325 bits per heavy atom. The Balaban J connectivity index is 1.42. The Hall–Kier alpha value is -10.7. The van der Waals surface area contributed by atoms with Gasteiger partial charge in [-0.3, -0.25) is 0 Å². The van der Waals surface area contributed by atoms with Crippen LogP contribution >= 0.6 is 0 Å². The molecule has 12 heteroatoms. The van der Waals surface area contributed by atoms with Crippen LogP contribution in [-0.2, 0) is 19.2 Å². The summed E-state index contributed by atoms with van der Waals surface area (Å²) in [5.41, 5.74) is 19.7. The number of nitrogens with one attached hydrogen (secondary N) is 2. The number of aryl methyl sites for hydroxylation is 4. The van der Waals surface area contributed by atoms with Crippen molar-refractivity contribution >= 4 is 70.2 Å². The summed E-state index contributed by atoms with van der Waals surface area (Å²) in [4.78, 5) is 67.7. The van der Waals surface area contributed by atoms with Crippen LogP contribution in [0.2, 0.25) is 0 Å². The molecule has 0 saturated heterocycles. The predicted octanol–water partition coefficient (Wildman–Crippen LogP) is 15.3. The molecule has 6 aromatic carbocycles. The van der Waals surface area contributed by atoms with Crippen molar-refractivity contribution in [3.05, 3.63) is 214 Å². The van der Waals surface area contributed by atoms with E-state index in [4.69, 9.17) is 9.97 Å². The number of carbonyl (C=O) groups is 4. The first-order chi connectivity index (χ1) is 38.6. The zero-order chi connectivity index (χ0) is 55.9. The molecule has 0 amide bonds. The molecule has 3 aromatic heterocycles. The van der Waals surface area contributed by atoms with Gasteiger partial charge in [-0.15, -0.1) is 0 Å². The summed E-state index contributed by atoms with van der Waals surface area (Å²) in [5.74, 6) is -4.70. The molecule has 2 aliphatic heterocycles. The van der Waals surface area contributed by atoms with E-state index >= 15 is 0 Å². The van der Waals surface area contributed by atoms with E-state index in [1.807, 2.05) is 173 Å². The number of aliphatic carboxylic acids is 4. The molecule has 0 fully saturated rings. The third-order valence-electron chi connectivity index (χ3n) is 14.3. The highest BCUT2D eigenvalue weighted by atomic mass is 16.4. The molecule has 2 aliphatic rings. The topological polar surface area (TPSA) is 207 Å². The van der Waals surface area contributed by atoms with Gasteiger partial charge in [0.05, 0.1) is 22.8 Å². The Morgan fingerprint density at radius 2 is 0.525 bits per heavy atom. The van der Waals surface area contributed by atoms with Gasteiger partial charge in [0, 0.05) is 90.9 Å². The number of H-pyrrole nitrogens is 2. The second kappa shape index (κ2) is 21.0. The lowest BCUT2D eigenvalue weighted by molar-refractivity contribution is -0.132. The number of benzene rings is 6. The van der Waals surface area contributed by atoms with Crippen LogP contribution in [0.4, 0.5) is 0 Å². The fourth-order valence-corrected chi connectivity index (χ4v) is 10.4. The number of carboxylic acids is 4. The largest absolute Gasteiger partial charge is 0.478 e. The molecular weight excluding hydrogens is 1000 g/mol. The van der Waals surface area contributed by atoms with Crippen LogP contribution in [-0.4, -0.2) is 64.2 Å². The van der Waals surface area contributed by atoms with Crippen LogP contribution in [0.5, 0.6) is 0 Å². The first kappa shape index (κ1) is 51.4. The van der Waals surface area contributed by atoms with Gasteiger partial charge in [-0.2, -0.15) is 0 Å². The summed E-state index contributed by atoms with van der Waals surface area (Å²) in [6.07, 6.45) is 9.95. The molecule has 12 nitrogen and oxygen atoms in total. The van der Waals surface area contributed by atoms with Gasteiger partial charge in [0.2, 0.25) is 0 Å². The summed E-state index contributed by atoms with van der Waals surface area (Å²) in [6, 6.07) is 48.0. The molecule has 390 valence electrons. The Bertz CT molecular complexity index is 3810. The van der Waals surface area contributed by atoms with Crippen LogP contribution in [0, 0.1) is 27.7 Å². The molecule has 0 saturated carbocycles. The summed E-state index contributed by atoms with van der Waals surface area (Å²) >= 11 is 0. The van der Waals surface area contributed by atoms with E-state index in [2.05, 4.69) is 9.97 Å². The van der Waals surface area contributed by atoms with Crippen LogP contribution in [0.3, 0.4) is 0 Å². The SMILES string of the molecule is Cc1ccc(-c2c3nc(c(-c4ccc(C)cc4)c4ccc([nH]4)c(-c4ccc(C)cc4)c4nc(c(-c5ccc(C)cc5)c5ccc2[nH]5)-c2cc(/C=C/C(=O)O)c(/C=C/C(=O)O)cc2-4)-c2cc(/C=C/C(=O)O)c(/C=C/C(=O)O)cc2-3)cc1. The molecule has 6 N–H and O–H groups in total. The first-order valence-electron chi connectivity index (χ1n) is 25.7. The third kappa shape index (κ3) is 10.1. The van der Waals surface area contributed by atoms with Crippen molar-refractivity contribution in [1.82, 2.24) is 19.9 Å². The Morgan fingerprint density at radius 3 is 0.713 bits per heavy atom. The summed E-state index contributed by atoms with van der Waals surface area (Å²) in [5, 5.41) is 39.7. The maximum absolute atomic E-state index is 12.1. The number of aromatic amines is 2. The maximum atomic E-state index is 12.1. The number of hydrogen-bond donors (Lipinski definition) is 6. The van der Waals surface area contributed by atoms with Crippen molar-refractivity contribution in [3.63, 3.8) is 0 Å². The normalized spacial score (nSPS) is 11.9. The van der Waals surface area contributed by atoms with Crippen LogP contribution in [0.15, 0.2) is 170 Å². The van der Waals surface area contributed by atoms with Crippen molar-refractivity contribution in [2.45, 2.75) is 27.7 Å². The number of nitrogens with zero attached hydrogens (tertiary/aromatic N) is 2. The van der Waals surface area contributed by atoms with Crippen molar-refractivity contribution in [2.24, 2.45) is 0 Å². The minimum absolute atomic E-state index is 0.453. The molecule has 0 radical (unpaired) electrons. The Kier molecular flexibility index (Phi) is 13.5. The number of aromatic nitrogens is 4. The summed E-state index contributed by atoms with van der Waals surface area (Å²) in [6.45, 7) is 8.05. The molecule has 9 aromatic rings. The minimum Gasteiger partial charge on any atom is -0.478 e. The van der Waals surface area contributed by atoms with E-state index in [1.54, 1.807) is 0 Å². The van der Waals surface area contributed by atoms with Gasteiger partial charge < -0.3 is 30.4 Å². The smallest absolute Gasteiger partial charge is 0.328 e. The molecular formula is C68H50N4O8. The average molecular weight is 1050 g/mol. The molecule has 80 heavy (non-hydrogen) atoms. The second-order valence-corrected chi connectivity index (χ2v) is 19.9. The summed E-state index contributed by atoms with van der Waals surface area (Å²) in [7, 11) is 0. The number of rotatable bonds is 12. The highest BCUT2D eigenvalue weighted by Crippen LogP contribution is 2.51. The van der Waals surface area contributed by atoms with Gasteiger partial charge in [-0.1, -0.05) is 119 Å². The standard InChI is InChI=1S/C68H50N4O8/c1-37-5-13-41(14-6-37)61-53-25-26-54(69-53)62(42-15-7-38(2)8-16-42)67-51-35-47(23-31-59(77)78)48(24-32-60(79)80)36-52(51)68(72-67)64(44-19-11-40(4)12-20-44)56-28-27-55(70-56)63(43-17-9-39(3)10-18-43)66-50-34-46(22-30-58(75)76)45(21-29-57(73)74)33-49(50)65(61)71-66/h5-36,69-70H,1-4H3,(H,73,74)(H,75,76)(H,77,78)(H,79,80)/b29-21+,30-22+,31-23+,32-24+,61-53?,62-54?,63-55?,64-56?,65-61?,66-63?,67-62?,68-64?. The van der Waals surface area contributed by atoms with Gasteiger partial charge in [0.15, 0.2) is 0 Å². The molecule has 0 unspecified atom stereocenters. The fraction of sp³-hybridized carbons (Fsp3) is 0.0588. The van der Waals surface area contributed by atoms with Crippen molar-refractivity contribution < 1.29 is 39.6 Å². The van der Waals surface area contributed by atoms with Crippen molar-refractivity contribution in [3.8, 4) is 89.5 Å². The van der Waals surface area contributed by atoms with Gasteiger partial charge in [0.25, 0.3) is 0 Å². The Labute approximate surface area is 459 Å². The van der Waals surface area contributed by atoms with Crippen molar-refractivity contribution in [2.75, 3.05) is 0 Å². The van der Waals surface area contributed by atoms with E-state index in [9.17, 15) is 39.6 Å². The highest BCUT2D eigenvalue weighted by Gasteiger charge is 2.30. The van der Waals surface area contributed by atoms with Crippen LogP contribution in [0.25, 0.3) is 136 Å². The number of fused-ring (bicyclic) bond motifs is 14. The lowest BCUT2D eigenvalue weighted by Crippen LogP contribution is -1.93. The molecule has 8 bridgehead atoms.